The average Bonchev–Trinajstić information content (AvgIpc) is 4.07. The van der Waals surface area contributed by atoms with Crippen LogP contribution in [0.15, 0.2) is 170 Å². The highest BCUT2D eigenvalue weighted by atomic mass is 32.1. The number of aromatic nitrogens is 2. The van der Waals surface area contributed by atoms with E-state index in [9.17, 15) is 0 Å². The van der Waals surface area contributed by atoms with Gasteiger partial charge in [-0.2, -0.15) is 0 Å². The van der Waals surface area contributed by atoms with Gasteiger partial charge in [-0.25, -0.2) is 9.97 Å². The maximum Gasteiger partial charge on any atom is 0.0730 e. The van der Waals surface area contributed by atoms with Crippen molar-refractivity contribution in [2.45, 2.75) is 13.8 Å². The van der Waals surface area contributed by atoms with Crippen LogP contribution in [0.5, 0.6) is 0 Å². The van der Waals surface area contributed by atoms with Crippen LogP contribution in [0.25, 0.3) is 111 Å². The number of nitrogens with zero attached hydrogens (tertiary/aromatic N) is 2. The Morgan fingerprint density at radius 3 is 0.966 bits per heavy atom. The topological polar surface area (TPSA) is 25.8 Å². The molecule has 0 atom stereocenters. The van der Waals surface area contributed by atoms with E-state index in [4.69, 9.17) is 9.97 Å². The second-order valence-corrected chi connectivity index (χ2v) is 16.5. The maximum atomic E-state index is 5.63. The van der Waals surface area contributed by atoms with Gasteiger partial charge in [0.25, 0.3) is 0 Å². The number of hydrogen-bond acceptors (Lipinski definition) is 3. The molecule has 0 N–H and O–H groups in total. The summed E-state index contributed by atoms with van der Waals surface area (Å²) in [6.45, 7) is 4.29. The molecule has 2 aliphatic rings. The predicted molar refractivity (Wildman–Crippen MR) is 254 cm³/mol. The SMILES string of the molecule is Cc1ccc(-c2c3nc(c(-c4ccccc4)c4c5ccccc5c(c(-c5ccccc5)c5nc(c(-c6ccc(C)cc6)c6ccc2s6)C=C5)c2ccccc24)C=C3)cc1. The molecule has 0 radical (unpaired) electrons. The monoisotopic (exact) mass is 770 g/mol. The minimum Gasteiger partial charge on any atom is -0.248 e. The number of aryl methyl sites for hydroxylation is 2. The molecule has 0 amide bonds. The van der Waals surface area contributed by atoms with E-state index < -0.39 is 0 Å². The van der Waals surface area contributed by atoms with Crippen molar-refractivity contribution in [3.8, 4) is 44.5 Å². The fourth-order valence-electron chi connectivity index (χ4n) is 8.88. The molecule has 10 aromatic rings. The normalized spacial score (nSPS) is 12.1. The Hall–Kier alpha value is -7.20. The molecule has 12 rings (SSSR count). The number of thiophene rings is 1. The summed E-state index contributed by atoms with van der Waals surface area (Å²) in [6.07, 6.45) is 8.87. The lowest BCUT2D eigenvalue weighted by Crippen LogP contribution is -1.92. The van der Waals surface area contributed by atoms with Crippen LogP contribution < -0.4 is 0 Å². The average molecular weight is 771 g/mol. The zero-order valence-corrected chi connectivity index (χ0v) is 33.6. The van der Waals surface area contributed by atoms with E-state index in [0.29, 0.717) is 0 Å². The maximum absolute atomic E-state index is 5.63. The Morgan fingerprint density at radius 1 is 0.305 bits per heavy atom. The standard InChI is InChI=1S/C56H38N2S/c1-35-21-25-39(26-22-35)51-45-29-31-47(57-45)53(37-13-5-3-6-14-37)55-41-17-9-11-19-43(41)56(44-20-12-10-18-42(44)55)54(38-15-7-4-8-16-38)48-32-30-46(58-48)52(50-34-33-49(51)59-50)40-27-23-36(2)24-28-40/h3-34H,1-2H3. The Kier molecular flexibility index (Phi) is 8.49. The van der Waals surface area contributed by atoms with Gasteiger partial charge in [0, 0.05) is 42.4 Å². The van der Waals surface area contributed by atoms with Crippen LogP contribution in [0, 0.1) is 13.8 Å². The van der Waals surface area contributed by atoms with Crippen LogP contribution in [0.3, 0.4) is 0 Å². The van der Waals surface area contributed by atoms with E-state index in [1.807, 2.05) is 0 Å². The Balaban J connectivity index is 1.45. The minimum absolute atomic E-state index is 0.945. The van der Waals surface area contributed by atoms with Crippen LogP contribution in [0.4, 0.5) is 0 Å². The van der Waals surface area contributed by atoms with Crippen molar-refractivity contribution in [3.05, 3.63) is 204 Å². The molecule has 0 aliphatic carbocycles. The summed E-state index contributed by atoms with van der Waals surface area (Å²) in [4.78, 5) is 11.3. The summed E-state index contributed by atoms with van der Waals surface area (Å²) in [6, 6.07) is 61.7. The first-order valence-corrected chi connectivity index (χ1v) is 21.0. The molecule has 59 heavy (non-hydrogen) atoms. The van der Waals surface area contributed by atoms with Crippen molar-refractivity contribution in [2.75, 3.05) is 0 Å². The number of rotatable bonds is 4. The summed E-state index contributed by atoms with van der Waals surface area (Å²) in [5.41, 5.74) is 15.2. The number of benzene rings is 7. The van der Waals surface area contributed by atoms with Gasteiger partial charge in [0.05, 0.1) is 22.8 Å². The molecule has 0 fully saturated rings. The van der Waals surface area contributed by atoms with E-state index in [0.717, 1.165) is 76.7 Å². The molecule has 0 spiro atoms. The van der Waals surface area contributed by atoms with E-state index in [1.165, 1.54) is 43.4 Å². The van der Waals surface area contributed by atoms with Crippen molar-refractivity contribution in [1.29, 1.82) is 0 Å². The van der Waals surface area contributed by atoms with Gasteiger partial charge >= 0.3 is 0 Å². The largest absolute Gasteiger partial charge is 0.248 e. The highest BCUT2D eigenvalue weighted by Crippen LogP contribution is 2.46. The van der Waals surface area contributed by atoms with E-state index >= 15 is 0 Å². The highest BCUT2D eigenvalue weighted by Gasteiger charge is 2.22. The lowest BCUT2D eigenvalue weighted by Gasteiger charge is -2.16. The summed E-state index contributed by atoms with van der Waals surface area (Å²) in [5, 5.41) is 7.04. The first-order chi connectivity index (χ1) is 29.1. The minimum atomic E-state index is 0.945. The molecule has 2 nitrogen and oxygen atoms in total. The first kappa shape index (κ1) is 35.0. The van der Waals surface area contributed by atoms with Gasteiger partial charge in [-0.1, -0.05) is 169 Å². The van der Waals surface area contributed by atoms with Crippen LogP contribution in [-0.2, 0) is 0 Å². The molecule has 5 heterocycles. The highest BCUT2D eigenvalue weighted by molar-refractivity contribution is 7.24. The van der Waals surface area contributed by atoms with Gasteiger partial charge in [0.1, 0.15) is 0 Å². The van der Waals surface area contributed by atoms with Crippen molar-refractivity contribution in [2.24, 2.45) is 0 Å². The quantitative estimate of drug-likeness (QED) is 0.167. The van der Waals surface area contributed by atoms with Crippen molar-refractivity contribution in [3.63, 3.8) is 0 Å². The van der Waals surface area contributed by atoms with Gasteiger partial charge < -0.3 is 0 Å². The molecular weight excluding hydrogens is 733 g/mol. The fraction of sp³-hybridized carbons (Fsp3) is 0.0357. The van der Waals surface area contributed by atoms with Gasteiger partial charge in [0.15, 0.2) is 0 Å². The zero-order valence-electron chi connectivity index (χ0n) is 32.8. The molecule has 3 aromatic heterocycles. The molecule has 3 heteroatoms. The van der Waals surface area contributed by atoms with Crippen molar-refractivity contribution < 1.29 is 0 Å². The van der Waals surface area contributed by atoms with Crippen LogP contribution in [-0.4, -0.2) is 9.97 Å². The third-order valence-electron chi connectivity index (χ3n) is 11.6. The molecule has 0 saturated heterocycles. The third-order valence-corrected chi connectivity index (χ3v) is 12.8. The van der Waals surface area contributed by atoms with E-state index in [1.54, 1.807) is 11.3 Å². The molecule has 8 bridgehead atoms. The van der Waals surface area contributed by atoms with E-state index in [2.05, 4.69) is 208 Å². The summed E-state index contributed by atoms with van der Waals surface area (Å²) in [7, 11) is 0. The predicted octanol–water partition coefficient (Wildman–Crippen LogP) is 15.7. The second kappa shape index (κ2) is 14.3. The number of hydrogen-bond donors (Lipinski definition) is 0. The molecule has 7 aromatic carbocycles. The Morgan fingerprint density at radius 2 is 0.610 bits per heavy atom. The first-order valence-electron chi connectivity index (χ1n) is 20.2. The van der Waals surface area contributed by atoms with Crippen LogP contribution in [0.2, 0.25) is 0 Å². The van der Waals surface area contributed by atoms with Gasteiger partial charge in [-0.15, -0.1) is 11.3 Å². The molecule has 0 unspecified atom stereocenters. The second-order valence-electron chi connectivity index (χ2n) is 15.4. The van der Waals surface area contributed by atoms with Crippen LogP contribution >= 0.6 is 11.3 Å². The summed E-state index contributed by atoms with van der Waals surface area (Å²) < 4.78 is 2.32. The van der Waals surface area contributed by atoms with Gasteiger partial charge in [0.2, 0.25) is 0 Å². The van der Waals surface area contributed by atoms with Crippen molar-refractivity contribution >= 4 is 77.4 Å². The molecular formula is C56H38N2S. The molecule has 278 valence electrons. The smallest absolute Gasteiger partial charge is 0.0730 e. The van der Waals surface area contributed by atoms with Gasteiger partial charge in [-0.05, 0) is 94.1 Å². The Labute approximate surface area is 347 Å². The Bertz CT molecular complexity index is 3070. The third kappa shape index (κ3) is 6.02. The summed E-state index contributed by atoms with van der Waals surface area (Å²) >= 11 is 1.80. The summed E-state index contributed by atoms with van der Waals surface area (Å²) in [5.74, 6) is 0. The van der Waals surface area contributed by atoms with Crippen molar-refractivity contribution in [1.82, 2.24) is 9.97 Å². The zero-order chi connectivity index (χ0) is 39.5. The molecule has 2 aliphatic heterocycles. The molecule has 0 saturated carbocycles. The van der Waals surface area contributed by atoms with E-state index in [-0.39, 0.29) is 0 Å². The van der Waals surface area contributed by atoms with Gasteiger partial charge in [-0.3, -0.25) is 0 Å². The van der Waals surface area contributed by atoms with Crippen LogP contribution in [0.1, 0.15) is 33.9 Å². The lowest BCUT2D eigenvalue weighted by molar-refractivity contribution is 1.33. The lowest BCUT2D eigenvalue weighted by atomic mass is 9.87. The fourth-order valence-corrected chi connectivity index (χ4v) is 10.0.